The normalized spacial score (nSPS) is 14.2. The molecule has 0 bridgehead atoms. The highest BCUT2D eigenvalue weighted by Crippen LogP contribution is 2.11. The molecule has 1 aromatic heterocycles. The standard InChI is InChI=1S/C11H14N4OS/c1-15-10(8-12-14-15)9-13-17(2,16)11-6-4-3-5-7-11/h3-8H,9H2,1-2H3. The first-order valence-electron chi connectivity index (χ1n) is 5.16. The van der Waals surface area contributed by atoms with Gasteiger partial charge in [0.25, 0.3) is 0 Å². The second kappa shape index (κ2) is 4.67. The van der Waals surface area contributed by atoms with E-state index in [-0.39, 0.29) is 0 Å². The summed E-state index contributed by atoms with van der Waals surface area (Å²) in [7, 11) is -0.557. The molecule has 6 heteroatoms. The van der Waals surface area contributed by atoms with Gasteiger partial charge in [-0.25, -0.2) is 8.57 Å². The molecule has 0 N–H and O–H groups in total. The molecule has 0 aliphatic rings. The summed E-state index contributed by atoms with van der Waals surface area (Å²) in [5.41, 5.74) is 0.843. The molecule has 0 saturated heterocycles. The molecule has 17 heavy (non-hydrogen) atoms. The van der Waals surface area contributed by atoms with E-state index in [9.17, 15) is 4.21 Å². The first-order valence-corrected chi connectivity index (χ1v) is 7.08. The Morgan fingerprint density at radius 2 is 2.06 bits per heavy atom. The van der Waals surface area contributed by atoms with E-state index in [0.717, 1.165) is 10.6 Å². The summed E-state index contributed by atoms with van der Waals surface area (Å²) < 4.78 is 18.3. The van der Waals surface area contributed by atoms with E-state index in [4.69, 9.17) is 0 Å². The van der Waals surface area contributed by atoms with E-state index in [0.29, 0.717) is 6.54 Å². The van der Waals surface area contributed by atoms with Crippen molar-refractivity contribution in [3.63, 3.8) is 0 Å². The van der Waals surface area contributed by atoms with Crippen LogP contribution in [0.5, 0.6) is 0 Å². The molecular weight excluding hydrogens is 236 g/mol. The lowest BCUT2D eigenvalue weighted by atomic mass is 10.4. The van der Waals surface area contributed by atoms with Crippen LogP contribution in [0.3, 0.4) is 0 Å². The molecule has 0 radical (unpaired) electrons. The number of aromatic nitrogens is 3. The summed E-state index contributed by atoms with van der Waals surface area (Å²) in [6, 6.07) is 9.27. The zero-order valence-corrected chi connectivity index (χ0v) is 10.6. The number of nitrogens with zero attached hydrogens (tertiary/aromatic N) is 4. The van der Waals surface area contributed by atoms with E-state index in [1.54, 1.807) is 24.2 Å². The van der Waals surface area contributed by atoms with Crippen LogP contribution >= 0.6 is 0 Å². The van der Waals surface area contributed by atoms with Gasteiger partial charge < -0.3 is 0 Å². The Balaban J connectivity index is 2.28. The fraction of sp³-hybridized carbons (Fsp3) is 0.273. The third kappa shape index (κ3) is 2.71. The molecular formula is C11H14N4OS. The van der Waals surface area contributed by atoms with Crippen molar-refractivity contribution >= 4 is 9.73 Å². The van der Waals surface area contributed by atoms with Crippen molar-refractivity contribution in [3.8, 4) is 0 Å². The molecule has 1 atom stereocenters. The minimum absolute atomic E-state index is 0.355. The molecule has 2 aromatic rings. The fourth-order valence-corrected chi connectivity index (χ4v) is 2.58. The van der Waals surface area contributed by atoms with Crippen molar-refractivity contribution in [1.29, 1.82) is 0 Å². The van der Waals surface area contributed by atoms with Crippen LogP contribution in [0.4, 0.5) is 0 Å². The van der Waals surface area contributed by atoms with Gasteiger partial charge in [0.05, 0.1) is 28.2 Å². The van der Waals surface area contributed by atoms with Crippen molar-refractivity contribution < 1.29 is 4.21 Å². The lowest BCUT2D eigenvalue weighted by Gasteiger charge is -2.04. The first-order chi connectivity index (χ1) is 8.09. The predicted molar refractivity (Wildman–Crippen MR) is 65.9 cm³/mol. The van der Waals surface area contributed by atoms with Crippen LogP contribution in [-0.2, 0) is 23.3 Å². The number of benzene rings is 1. The van der Waals surface area contributed by atoms with Gasteiger partial charge in [-0.3, -0.25) is 4.68 Å². The van der Waals surface area contributed by atoms with Crippen molar-refractivity contribution in [2.45, 2.75) is 11.4 Å². The predicted octanol–water partition coefficient (Wildman–Crippen LogP) is 1.47. The van der Waals surface area contributed by atoms with Gasteiger partial charge in [-0.2, -0.15) is 0 Å². The minimum atomic E-state index is -2.35. The summed E-state index contributed by atoms with van der Waals surface area (Å²) in [6.45, 7) is 0.355. The maximum atomic E-state index is 12.4. The lowest BCUT2D eigenvalue weighted by molar-refractivity contribution is 0.668. The van der Waals surface area contributed by atoms with Gasteiger partial charge >= 0.3 is 0 Å². The van der Waals surface area contributed by atoms with Crippen LogP contribution in [0.2, 0.25) is 0 Å². The minimum Gasteiger partial charge on any atom is -0.251 e. The van der Waals surface area contributed by atoms with Crippen molar-refractivity contribution in [2.75, 3.05) is 6.26 Å². The van der Waals surface area contributed by atoms with Crippen LogP contribution in [0.25, 0.3) is 0 Å². The maximum absolute atomic E-state index is 12.4. The third-order valence-electron chi connectivity index (χ3n) is 2.46. The first kappa shape index (κ1) is 11.8. The summed E-state index contributed by atoms with van der Waals surface area (Å²) >= 11 is 0. The Bertz CT molecular complexity index is 611. The fourth-order valence-electron chi connectivity index (χ4n) is 1.39. The molecule has 5 nitrogen and oxygen atoms in total. The van der Waals surface area contributed by atoms with Gasteiger partial charge in [0.2, 0.25) is 0 Å². The van der Waals surface area contributed by atoms with Gasteiger partial charge in [-0.15, -0.1) is 5.10 Å². The Morgan fingerprint density at radius 1 is 1.35 bits per heavy atom. The third-order valence-corrected chi connectivity index (χ3v) is 4.23. The molecule has 0 fully saturated rings. The lowest BCUT2D eigenvalue weighted by Crippen LogP contribution is -2.01. The smallest absolute Gasteiger partial charge is 0.0922 e. The molecule has 0 saturated carbocycles. The SMILES string of the molecule is Cn1nncc1CN=S(C)(=O)c1ccccc1. The van der Waals surface area contributed by atoms with Gasteiger partial charge in [-0.1, -0.05) is 23.4 Å². The van der Waals surface area contributed by atoms with Gasteiger partial charge in [0.1, 0.15) is 0 Å². The highest BCUT2D eigenvalue weighted by molar-refractivity contribution is 7.93. The summed E-state index contributed by atoms with van der Waals surface area (Å²) in [6.07, 6.45) is 3.27. The molecule has 2 rings (SSSR count). The van der Waals surface area contributed by atoms with Gasteiger partial charge in [0, 0.05) is 18.2 Å². The molecule has 0 aliphatic carbocycles. The van der Waals surface area contributed by atoms with Gasteiger partial charge in [0.15, 0.2) is 0 Å². The highest BCUT2D eigenvalue weighted by atomic mass is 32.2. The van der Waals surface area contributed by atoms with E-state index < -0.39 is 9.73 Å². The maximum Gasteiger partial charge on any atom is 0.0922 e. The average Bonchev–Trinajstić information content (AvgIpc) is 2.74. The zero-order valence-electron chi connectivity index (χ0n) is 9.78. The monoisotopic (exact) mass is 250 g/mol. The molecule has 0 spiro atoms. The Labute approximate surface area is 101 Å². The van der Waals surface area contributed by atoms with E-state index >= 15 is 0 Å². The second-order valence-electron chi connectivity index (χ2n) is 3.75. The van der Waals surface area contributed by atoms with Crippen molar-refractivity contribution in [2.24, 2.45) is 11.4 Å². The van der Waals surface area contributed by atoms with Crippen LogP contribution in [0, 0.1) is 0 Å². The molecule has 1 heterocycles. The van der Waals surface area contributed by atoms with Crippen molar-refractivity contribution in [1.82, 2.24) is 15.0 Å². The largest absolute Gasteiger partial charge is 0.251 e. The molecule has 0 aliphatic heterocycles. The van der Waals surface area contributed by atoms with E-state index in [2.05, 4.69) is 14.7 Å². The summed E-state index contributed by atoms with van der Waals surface area (Å²) in [4.78, 5) is 0.745. The second-order valence-corrected chi connectivity index (χ2v) is 6.09. The molecule has 1 aromatic carbocycles. The quantitative estimate of drug-likeness (QED) is 0.828. The van der Waals surface area contributed by atoms with E-state index in [1.165, 1.54) is 0 Å². The number of hydrogen-bond donors (Lipinski definition) is 0. The number of aryl methyl sites for hydroxylation is 1. The Kier molecular flexibility index (Phi) is 3.23. The number of rotatable bonds is 3. The molecule has 90 valence electrons. The van der Waals surface area contributed by atoms with E-state index in [1.807, 2.05) is 30.3 Å². The summed E-state index contributed by atoms with van der Waals surface area (Å²) in [5, 5.41) is 7.56. The van der Waals surface area contributed by atoms with Crippen LogP contribution in [0.1, 0.15) is 5.69 Å². The molecule has 0 amide bonds. The average molecular weight is 250 g/mol. The van der Waals surface area contributed by atoms with Gasteiger partial charge in [-0.05, 0) is 12.1 Å². The van der Waals surface area contributed by atoms with Crippen molar-refractivity contribution in [3.05, 3.63) is 42.2 Å². The zero-order chi connectivity index (χ0) is 12.3. The Morgan fingerprint density at radius 3 is 2.65 bits per heavy atom. The summed E-state index contributed by atoms with van der Waals surface area (Å²) in [5.74, 6) is 0. The van der Waals surface area contributed by atoms with Crippen LogP contribution < -0.4 is 0 Å². The van der Waals surface area contributed by atoms with Crippen LogP contribution in [-0.4, -0.2) is 25.5 Å². The Hall–Kier alpha value is -1.69. The topological polar surface area (TPSA) is 60.1 Å². The number of hydrogen-bond acceptors (Lipinski definition) is 4. The van der Waals surface area contributed by atoms with Crippen LogP contribution in [0.15, 0.2) is 45.8 Å². The highest BCUT2D eigenvalue weighted by Gasteiger charge is 2.05. The molecule has 1 unspecified atom stereocenters.